The lowest BCUT2D eigenvalue weighted by molar-refractivity contribution is -0.132. The zero-order chi connectivity index (χ0) is 16.4. The van der Waals surface area contributed by atoms with Crippen LogP contribution in [0, 0.1) is 13.8 Å². The molecule has 23 heavy (non-hydrogen) atoms. The van der Waals surface area contributed by atoms with E-state index in [1.807, 2.05) is 24.1 Å². The van der Waals surface area contributed by atoms with E-state index in [9.17, 15) is 9.59 Å². The Morgan fingerprint density at radius 3 is 3.00 bits per heavy atom. The highest BCUT2D eigenvalue weighted by Gasteiger charge is 2.31. The number of likely N-dealkylation sites (tertiary alicyclic amines) is 1. The molecule has 0 aliphatic carbocycles. The fourth-order valence-electron chi connectivity index (χ4n) is 3.22. The molecule has 1 aliphatic rings. The van der Waals surface area contributed by atoms with Gasteiger partial charge in [-0.15, -0.1) is 11.3 Å². The molecule has 1 N–H and O–H groups in total. The Morgan fingerprint density at radius 1 is 1.48 bits per heavy atom. The van der Waals surface area contributed by atoms with Gasteiger partial charge in [-0.3, -0.25) is 4.79 Å². The molecule has 1 amide bonds. The van der Waals surface area contributed by atoms with Crippen molar-refractivity contribution in [2.24, 2.45) is 0 Å². The molecule has 0 spiro atoms. The van der Waals surface area contributed by atoms with E-state index in [0.717, 1.165) is 35.7 Å². The van der Waals surface area contributed by atoms with E-state index in [-0.39, 0.29) is 17.6 Å². The van der Waals surface area contributed by atoms with Crippen LogP contribution in [0.1, 0.15) is 47.3 Å². The summed E-state index contributed by atoms with van der Waals surface area (Å²) < 4.78 is 0. The number of amides is 1. The molecule has 3 heterocycles. The van der Waals surface area contributed by atoms with E-state index in [0.29, 0.717) is 18.5 Å². The van der Waals surface area contributed by atoms with Crippen LogP contribution in [0.3, 0.4) is 0 Å². The van der Waals surface area contributed by atoms with Gasteiger partial charge in [0.15, 0.2) is 0 Å². The number of aromatic nitrogens is 3. The Hall–Kier alpha value is -2.02. The summed E-state index contributed by atoms with van der Waals surface area (Å²) in [5.41, 5.74) is 2.13. The van der Waals surface area contributed by atoms with Crippen LogP contribution in [0.2, 0.25) is 0 Å². The lowest BCUT2D eigenvalue weighted by atomic mass is 10.1. The number of H-pyrrole nitrogens is 1. The van der Waals surface area contributed by atoms with Gasteiger partial charge in [-0.25, -0.2) is 9.78 Å². The first-order valence-corrected chi connectivity index (χ1v) is 8.69. The van der Waals surface area contributed by atoms with Crippen molar-refractivity contribution < 1.29 is 4.79 Å². The van der Waals surface area contributed by atoms with Crippen molar-refractivity contribution in [1.29, 1.82) is 0 Å². The normalized spacial score (nSPS) is 17.7. The van der Waals surface area contributed by atoms with Gasteiger partial charge in [-0.1, -0.05) is 0 Å². The van der Waals surface area contributed by atoms with Crippen molar-refractivity contribution in [3.05, 3.63) is 44.0 Å². The molecule has 1 atom stereocenters. The molecule has 122 valence electrons. The van der Waals surface area contributed by atoms with Crippen LogP contribution in [-0.2, 0) is 11.2 Å². The van der Waals surface area contributed by atoms with Gasteiger partial charge in [-0.05, 0) is 38.7 Å². The number of thiazole rings is 1. The van der Waals surface area contributed by atoms with Crippen molar-refractivity contribution in [2.45, 2.75) is 45.6 Å². The SMILES string of the molecule is Cc1nc(=O)[nH]c(C)c1CCC(=O)N1CCCC1c1nccs1. The van der Waals surface area contributed by atoms with Crippen LogP contribution in [0.15, 0.2) is 16.4 Å². The van der Waals surface area contributed by atoms with Crippen LogP contribution in [0.5, 0.6) is 0 Å². The maximum absolute atomic E-state index is 12.6. The van der Waals surface area contributed by atoms with E-state index in [4.69, 9.17) is 0 Å². The number of hydrogen-bond donors (Lipinski definition) is 1. The van der Waals surface area contributed by atoms with Gasteiger partial charge in [0.05, 0.1) is 6.04 Å². The standard InChI is InChI=1S/C16H20N4O2S/c1-10-12(11(2)19-16(22)18-10)5-6-14(21)20-8-3-4-13(20)15-17-7-9-23-15/h7,9,13H,3-6,8H2,1-2H3,(H,18,19,22). The minimum atomic E-state index is -0.335. The summed E-state index contributed by atoms with van der Waals surface area (Å²) in [6.07, 6.45) is 4.82. The third-order valence-corrected chi connectivity index (χ3v) is 5.23. The van der Waals surface area contributed by atoms with Crippen molar-refractivity contribution >= 4 is 17.2 Å². The Morgan fingerprint density at radius 2 is 2.30 bits per heavy atom. The highest BCUT2D eigenvalue weighted by Crippen LogP contribution is 2.33. The van der Waals surface area contributed by atoms with Gasteiger partial charge in [0.1, 0.15) is 5.01 Å². The topological polar surface area (TPSA) is 79.0 Å². The first-order valence-electron chi connectivity index (χ1n) is 7.81. The van der Waals surface area contributed by atoms with E-state index >= 15 is 0 Å². The maximum atomic E-state index is 12.6. The van der Waals surface area contributed by atoms with E-state index < -0.39 is 0 Å². The summed E-state index contributed by atoms with van der Waals surface area (Å²) in [6.45, 7) is 4.46. The van der Waals surface area contributed by atoms with E-state index in [1.165, 1.54) is 0 Å². The van der Waals surface area contributed by atoms with Crippen molar-refractivity contribution in [1.82, 2.24) is 19.9 Å². The fourth-order valence-corrected chi connectivity index (χ4v) is 4.00. The smallest absolute Gasteiger partial charge is 0.333 e. The fraction of sp³-hybridized carbons (Fsp3) is 0.500. The summed E-state index contributed by atoms with van der Waals surface area (Å²) in [6, 6.07) is 0.124. The Kier molecular flexibility index (Phi) is 4.56. The van der Waals surface area contributed by atoms with Crippen molar-refractivity contribution in [3.8, 4) is 0 Å². The van der Waals surface area contributed by atoms with Crippen molar-refractivity contribution in [3.63, 3.8) is 0 Å². The molecule has 1 fully saturated rings. The largest absolute Gasteiger partial charge is 0.345 e. The molecule has 2 aromatic rings. The zero-order valence-corrected chi connectivity index (χ0v) is 14.2. The molecular formula is C16H20N4O2S. The molecule has 1 aliphatic heterocycles. The molecular weight excluding hydrogens is 312 g/mol. The van der Waals surface area contributed by atoms with E-state index in [2.05, 4.69) is 15.0 Å². The number of rotatable bonds is 4. The number of aryl methyl sites for hydroxylation is 2. The zero-order valence-electron chi connectivity index (χ0n) is 13.3. The molecule has 1 unspecified atom stereocenters. The number of hydrogen-bond acceptors (Lipinski definition) is 5. The second-order valence-electron chi connectivity index (χ2n) is 5.85. The predicted octanol–water partition coefficient (Wildman–Crippen LogP) is 2.14. The monoisotopic (exact) mass is 332 g/mol. The minimum Gasteiger partial charge on any atom is -0.333 e. The number of carbonyl (C=O) groups excluding carboxylic acids is 1. The summed E-state index contributed by atoms with van der Waals surface area (Å²) in [4.78, 5) is 36.9. The Labute approximate surface area is 138 Å². The average Bonchev–Trinajstić information content (AvgIpc) is 3.16. The molecule has 7 heteroatoms. The average molecular weight is 332 g/mol. The second kappa shape index (κ2) is 6.62. The summed E-state index contributed by atoms with van der Waals surface area (Å²) >= 11 is 1.61. The summed E-state index contributed by atoms with van der Waals surface area (Å²) in [5.74, 6) is 0.146. The van der Waals surface area contributed by atoms with Gasteiger partial charge in [-0.2, -0.15) is 4.98 Å². The maximum Gasteiger partial charge on any atom is 0.345 e. The highest BCUT2D eigenvalue weighted by molar-refractivity contribution is 7.09. The third kappa shape index (κ3) is 3.34. The number of aromatic amines is 1. The molecule has 0 saturated carbocycles. The van der Waals surface area contributed by atoms with Gasteiger partial charge in [0, 0.05) is 35.9 Å². The summed E-state index contributed by atoms with van der Waals surface area (Å²) in [5, 5.41) is 2.98. The molecule has 2 aromatic heterocycles. The Balaban J connectivity index is 1.69. The molecule has 0 radical (unpaired) electrons. The quantitative estimate of drug-likeness (QED) is 0.930. The lowest BCUT2D eigenvalue weighted by Crippen LogP contribution is -2.31. The summed E-state index contributed by atoms with van der Waals surface area (Å²) in [7, 11) is 0. The van der Waals surface area contributed by atoms with Crippen LogP contribution in [0.4, 0.5) is 0 Å². The first-order chi connectivity index (χ1) is 11.1. The van der Waals surface area contributed by atoms with Gasteiger partial charge >= 0.3 is 5.69 Å². The molecule has 0 aromatic carbocycles. The number of nitrogens with zero attached hydrogens (tertiary/aromatic N) is 3. The van der Waals surface area contributed by atoms with Crippen LogP contribution in [0.25, 0.3) is 0 Å². The minimum absolute atomic E-state index is 0.124. The van der Waals surface area contributed by atoms with Crippen LogP contribution < -0.4 is 5.69 Å². The van der Waals surface area contributed by atoms with Gasteiger partial charge in [0.2, 0.25) is 5.91 Å². The van der Waals surface area contributed by atoms with Crippen molar-refractivity contribution in [2.75, 3.05) is 6.54 Å². The van der Waals surface area contributed by atoms with Crippen LogP contribution >= 0.6 is 11.3 Å². The molecule has 1 saturated heterocycles. The first kappa shape index (κ1) is 15.9. The third-order valence-electron chi connectivity index (χ3n) is 4.35. The van der Waals surface area contributed by atoms with Crippen LogP contribution in [-0.4, -0.2) is 32.3 Å². The lowest BCUT2D eigenvalue weighted by Gasteiger charge is -2.23. The predicted molar refractivity (Wildman–Crippen MR) is 88.5 cm³/mol. The molecule has 0 bridgehead atoms. The second-order valence-corrected chi connectivity index (χ2v) is 6.77. The molecule has 3 rings (SSSR count). The van der Waals surface area contributed by atoms with Gasteiger partial charge in [0.25, 0.3) is 0 Å². The Bertz CT molecular complexity index is 728. The number of carbonyl (C=O) groups is 1. The van der Waals surface area contributed by atoms with Gasteiger partial charge < -0.3 is 9.88 Å². The molecule has 6 nitrogen and oxygen atoms in total. The number of nitrogens with one attached hydrogen (secondary N) is 1. The highest BCUT2D eigenvalue weighted by atomic mass is 32.1. The van der Waals surface area contributed by atoms with E-state index in [1.54, 1.807) is 17.5 Å².